The van der Waals surface area contributed by atoms with Gasteiger partial charge < -0.3 is 14.8 Å². The van der Waals surface area contributed by atoms with E-state index >= 15 is 0 Å². The fourth-order valence-electron chi connectivity index (χ4n) is 3.17. The average molecular weight is 388 g/mol. The van der Waals surface area contributed by atoms with Crippen LogP contribution in [0.1, 0.15) is 36.0 Å². The van der Waals surface area contributed by atoms with Crippen LogP contribution >= 0.6 is 11.6 Å². The van der Waals surface area contributed by atoms with Crippen LogP contribution in [0.4, 0.5) is 0 Å². The number of benzene rings is 2. The molecule has 144 valence electrons. The molecule has 2 aromatic rings. The molecule has 1 N–H and O–H groups in total. The largest absolute Gasteiger partial charge is 0.379 e. The number of hydrogen-bond donors (Lipinski definition) is 1. The van der Waals surface area contributed by atoms with Crippen LogP contribution in [0.15, 0.2) is 48.5 Å². The zero-order valence-electron chi connectivity index (χ0n) is 15.6. The first kappa shape index (κ1) is 19.9. The zero-order chi connectivity index (χ0) is 19.1. The van der Waals surface area contributed by atoms with Gasteiger partial charge in [0.2, 0.25) is 5.91 Å². The van der Waals surface area contributed by atoms with E-state index in [0.29, 0.717) is 38.9 Å². The number of nitrogens with one attached hydrogen (secondary N) is 1. The number of carbonyl (C=O) groups excluding carboxylic acids is 1. The monoisotopic (exact) mass is 387 g/mol. The van der Waals surface area contributed by atoms with Crippen molar-refractivity contribution in [1.29, 1.82) is 0 Å². The Hall–Kier alpha value is -1.88. The van der Waals surface area contributed by atoms with Gasteiger partial charge in [0.25, 0.3) is 0 Å². The fourth-order valence-corrected chi connectivity index (χ4v) is 3.29. The molecule has 0 aliphatic heterocycles. The van der Waals surface area contributed by atoms with E-state index in [-0.39, 0.29) is 11.8 Å². The summed E-state index contributed by atoms with van der Waals surface area (Å²) in [5.41, 5.74) is 3.37. The van der Waals surface area contributed by atoms with Gasteiger partial charge in [0.1, 0.15) is 0 Å². The van der Waals surface area contributed by atoms with Crippen LogP contribution in [0.5, 0.6) is 0 Å². The van der Waals surface area contributed by atoms with Crippen molar-refractivity contribution < 1.29 is 14.3 Å². The highest BCUT2D eigenvalue weighted by molar-refractivity contribution is 6.30. The Labute approximate surface area is 165 Å². The standard InChI is InChI=1S/C22H26ClNO3/c1-2-26-10-11-27-15-17-5-3-4-16(12-17)14-24-22(25)21-13-20(21)18-6-8-19(23)9-7-18/h3-9,12,20-21H,2,10-11,13-15H2,1H3,(H,24,25). The minimum atomic E-state index is 0.0660. The Morgan fingerprint density at radius 2 is 1.85 bits per heavy atom. The zero-order valence-corrected chi connectivity index (χ0v) is 16.4. The maximum absolute atomic E-state index is 12.4. The smallest absolute Gasteiger partial charge is 0.224 e. The SMILES string of the molecule is CCOCCOCc1cccc(CNC(=O)C2CC2c2ccc(Cl)cc2)c1. The number of halogens is 1. The molecule has 3 rings (SSSR count). The maximum Gasteiger partial charge on any atom is 0.224 e. The molecule has 1 fully saturated rings. The molecule has 2 aromatic carbocycles. The molecule has 0 heterocycles. The summed E-state index contributed by atoms with van der Waals surface area (Å²) in [7, 11) is 0. The van der Waals surface area contributed by atoms with Gasteiger partial charge in [0, 0.05) is 24.1 Å². The molecule has 2 atom stereocenters. The van der Waals surface area contributed by atoms with Gasteiger partial charge in [-0.15, -0.1) is 0 Å². The normalized spacial score (nSPS) is 18.3. The lowest BCUT2D eigenvalue weighted by atomic mass is 10.1. The van der Waals surface area contributed by atoms with Gasteiger partial charge in [-0.2, -0.15) is 0 Å². The predicted molar refractivity (Wildman–Crippen MR) is 107 cm³/mol. The Bertz CT molecular complexity index is 747. The van der Waals surface area contributed by atoms with Crippen LogP contribution in [-0.4, -0.2) is 25.7 Å². The molecule has 1 aliphatic carbocycles. The summed E-state index contributed by atoms with van der Waals surface area (Å²) in [6, 6.07) is 15.9. The number of amides is 1. The molecular formula is C22H26ClNO3. The third-order valence-corrected chi connectivity index (χ3v) is 4.98. The topological polar surface area (TPSA) is 47.6 Å². The van der Waals surface area contributed by atoms with E-state index in [9.17, 15) is 4.79 Å². The highest BCUT2D eigenvalue weighted by atomic mass is 35.5. The summed E-state index contributed by atoms with van der Waals surface area (Å²) in [5.74, 6) is 0.497. The summed E-state index contributed by atoms with van der Waals surface area (Å²) < 4.78 is 10.9. The molecule has 1 saturated carbocycles. The number of rotatable bonds is 10. The summed E-state index contributed by atoms with van der Waals surface area (Å²) in [4.78, 5) is 12.4. The van der Waals surface area contributed by atoms with Crippen molar-refractivity contribution in [2.45, 2.75) is 32.4 Å². The van der Waals surface area contributed by atoms with Crippen LogP contribution in [0.3, 0.4) is 0 Å². The van der Waals surface area contributed by atoms with Crippen molar-refractivity contribution in [2.24, 2.45) is 5.92 Å². The van der Waals surface area contributed by atoms with E-state index in [0.717, 1.165) is 22.6 Å². The highest BCUT2D eigenvalue weighted by Crippen LogP contribution is 2.47. The van der Waals surface area contributed by atoms with Crippen molar-refractivity contribution >= 4 is 17.5 Å². The van der Waals surface area contributed by atoms with E-state index < -0.39 is 0 Å². The van der Waals surface area contributed by atoms with Crippen LogP contribution in [0, 0.1) is 5.92 Å². The lowest BCUT2D eigenvalue weighted by molar-refractivity contribution is -0.122. The summed E-state index contributed by atoms with van der Waals surface area (Å²) in [6.07, 6.45) is 0.904. The summed E-state index contributed by atoms with van der Waals surface area (Å²) in [5, 5.41) is 3.78. The van der Waals surface area contributed by atoms with Gasteiger partial charge in [-0.25, -0.2) is 0 Å². The maximum atomic E-state index is 12.4. The van der Waals surface area contributed by atoms with Gasteiger partial charge in [-0.05, 0) is 48.1 Å². The van der Waals surface area contributed by atoms with Crippen molar-refractivity contribution in [1.82, 2.24) is 5.32 Å². The average Bonchev–Trinajstić information content (AvgIpc) is 3.48. The van der Waals surface area contributed by atoms with Gasteiger partial charge in [-0.3, -0.25) is 4.79 Å². The molecule has 0 bridgehead atoms. The summed E-state index contributed by atoms with van der Waals surface area (Å²) >= 11 is 5.93. The Morgan fingerprint density at radius 1 is 1.11 bits per heavy atom. The Morgan fingerprint density at radius 3 is 2.63 bits per heavy atom. The molecule has 0 saturated heterocycles. The fraction of sp³-hybridized carbons (Fsp3) is 0.409. The first-order valence-electron chi connectivity index (χ1n) is 9.44. The first-order chi connectivity index (χ1) is 13.2. The minimum absolute atomic E-state index is 0.0660. The van der Waals surface area contributed by atoms with Gasteiger partial charge >= 0.3 is 0 Å². The van der Waals surface area contributed by atoms with Crippen LogP contribution in [0.25, 0.3) is 0 Å². The second-order valence-electron chi connectivity index (χ2n) is 6.79. The lowest BCUT2D eigenvalue weighted by Crippen LogP contribution is -2.24. The van der Waals surface area contributed by atoms with Crippen LogP contribution < -0.4 is 5.32 Å². The van der Waals surface area contributed by atoms with Crippen LogP contribution in [-0.2, 0) is 27.4 Å². The van der Waals surface area contributed by atoms with Gasteiger partial charge in [0.05, 0.1) is 19.8 Å². The Kier molecular flexibility index (Phi) is 7.27. The number of hydrogen-bond acceptors (Lipinski definition) is 3. The molecule has 0 radical (unpaired) electrons. The van der Waals surface area contributed by atoms with E-state index in [2.05, 4.69) is 11.4 Å². The minimum Gasteiger partial charge on any atom is -0.379 e. The predicted octanol–water partition coefficient (Wildman–Crippen LogP) is 4.31. The van der Waals surface area contributed by atoms with Gasteiger partial charge in [-0.1, -0.05) is 48.0 Å². The van der Waals surface area contributed by atoms with E-state index in [4.69, 9.17) is 21.1 Å². The second kappa shape index (κ2) is 9.88. The van der Waals surface area contributed by atoms with Crippen LogP contribution in [0.2, 0.25) is 5.02 Å². The van der Waals surface area contributed by atoms with E-state index in [1.54, 1.807) is 0 Å². The molecule has 0 spiro atoms. The van der Waals surface area contributed by atoms with Gasteiger partial charge in [0.15, 0.2) is 0 Å². The molecule has 1 amide bonds. The molecule has 0 aromatic heterocycles. The molecule has 27 heavy (non-hydrogen) atoms. The molecule has 1 aliphatic rings. The number of ether oxygens (including phenoxy) is 2. The van der Waals surface area contributed by atoms with Crippen molar-refractivity contribution in [3.05, 3.63) is 70.2 Å². The first-order valence-corrected chi connectivity index (χ1v) is 9.81. The Balaban J connectivity index is 1.43. The van der Waals surface area contributed by atoms with E-state index in [1.807, 2.05) is 49.4 Å². The highest BCUT2D eigenvalue weighted by Gasteiger charge is 2.43. The molecular weight excluding hydrogens is 362 g/mol. The van der Waals surface area contributed by atoms with Crippen molar-refractivity contribution in [3.63, 3.8) is 0 Å². The lowest BCUT2D eigenvalue weighted by Gasteiger charge is -2.08. The third kappa shape index (κ3) is 6.06. The molecule has 4 nitrogen and oxygen atoms in total. The van der Waals surface area contributed by atoms with Crippen molar-refractivity contribution in [2.75, 3.05) is 19.8 Å². The quantitative estimate of drug-likeness (QED) is 0.618. The van der Waals surface area contributed by atoms with Crippen molar-refractivity contribution in [3.8, 4) is 0 Å². The second-order valence-corrected chi connectivity index (χ2v) is 7.22. The molecule has 5 heteroatoms. The molecule has 2 unspecified atom stereocenters. The third-order valence-electron chi connectivity index (χ3n) is 4.73. The summed E-state index contributed by atoms with van der Waals surface area (Å²) in [6.45, 7) is 4.96. The number of carbonyl (C=O) groups is 1. The van der Waals surface area contributed by atoms with E-state index in [1.165, 1.54) is 5.56 Å².